The molecule has 2 aromatic rings. The van der Waals surface area contributed by atoms with Gasteiger partial charge in [-0.25, -0.2) is 0 Å². The molecule has 2 rings (SSSR count). The third-order valence-electron chi connectivity index (χ3n) is 4.47. The largest absolute Gasteiger partial charge is 0.491 e. The lowest BCUT2D eigenvalue weighted by Gasteiger charge is -2.17. The predicted octanol–water partition coefficient (Wildman–Crippen LogP) is 3.34. The summed E-state index contributed by atoms with van der Waals surface area (Å²) >= 11 is 0. The van der Waals surface area contributed by atoms with Crippen molar-refractivity contribution in [3.63, 3.8) is 0 Å². The minimum absolute atomic E-state index is 0.541. The van der Waals surface area contributed by atoms with E-state index < -0.39 is 0 Å². The Kier molecular flexibility index (Phi) is 9.31. The fourth-order valence-electron chi connectivity index (χ4n) is 2.83. The molecule has 0 radical (unpaired) electrons. The van der Waals surface area contributed by atoms with E-state index in [-0.39, 0.29) is 0 Å². The maximum absolute atomic E-state index is 5.92. The zero-order valence-corrected chi connectivity index (χ0v) is 18.3. The first-order valence-electron chi connectivity index (χ1n) is 10.0. The van der Waals surface area contributed by atoms with Gasteiger partial charge in [0.2, 0.25) is 0 Å². The van der Waals surface area contributed by atoms with E-state index in [1.54, 1.807) is 7.05 Å². The monoisotopic (exact) mass is 398 g/mol. The van der Waals surface area contributed by atoms with Gasteiger partial charge < -0.3 is 25.0 Å². The molecule has 0 aliphatic carbocycles. The van der Waals surface area contributed by atoms with Crippen molar-refractivity contribution in [1.82, 2.24) is 10.6 Å². The highest BCUT2D eigenvalue weighted by Gasteiger charge is 2.07. The molecule has 0 saturated carbocycles. The minimum atomic E-state index is 0.541. The Morgan fingerprint density at radius 2 is 1.83 bits per heavy atom. The van der Waals surface area contributed by atoms with Crippen LogP contribution in [-0.4, -0.2) is 46.9 Å². The first kappa shape index (κ1) is 22.6. The van der Waals surface area contributed by atoms with Crippen molar-refractivity contribution in [2.45, 2.75) is 26.9 Å². The number of nitrogens with zero attached hydrogens (tertiary/aromatic N) is 2. The van der Waals surface area contributed by atoms with E-state index in [1.807, 2.05) is 21.0 Å². The normalized spacial score (nSPS) is 11.3. The average molecular weight is 399 g/mol. The van der Waals surface area contributed by atoms with Crippen LogP contribution in [0.5, 0.6) is 5.75 Å². The highest BCUT2D eigenvalue weighted by atomic mass is 16.5. The van der Waals surface area contributed by atoms with Crippen LogP contribution in [0.4, 0.5) is 5.69 Å². The smallest absolute Gasteiger partial charge is 0.191 e. The zero-order chi connectivity index (χ0) is 21.1. The van der Waals surface area contributed by atoms with Crippen molar-refractivity contribution < 1.29 is 9.47 Å². The molecule has 0 spiro atoms. The first-order chi connectivity index (χ1) is 14.0. The summed E-state index contributed by atoms with van der Waals surface area (Å²) in [5, 5.41) is 6.74. The summed E-state index contributed by atoms with van der Waals surface area (Å²) in [5.41, 5.74) is 4.64. The number of rotatable bonds is 10. The molecule has 0 unspecified atom stereocenters. The topological polar surface area (TPSA) is 58.1 Å². The van der Waals surface area contributed by atoms with Crippen LogP contribution >= 0.6 is 0 Å². The van der Waals surface area contributed by atoms with Crippen molar-refractivity contribution >= 4 is 11.6 Å². The van der Waals surface area contributed by atoms with Gasteiger partial charge in [-0.1, -0.05) is 24.3 Å². The lowest BCUT2D eigenvalue weighted by molar-refractivity contribution is 0.110. The summed E-state index contributed by atoms with van der Waals surface area (Å²) in [6, 6.07) is 14.7. The number of guanidine groups is 1. The van der Waals surface area contributed by atoms with E-state index in [1.165, 1.54) is 16.8 Å². The Morgan fingerprint density at radius 1 is 1.03 bits per heavy atom. The molecule has 0 amide bonds. The summed E-state index contributed by atoms with van der Waals surface area (Å²) in [6.45, 7) is 7.21. The number of aliphatic imine (C=N–C) groups is 1. The molecule has 0 aromatic heterocycles. The Bertz CT molecular complexity index is 790. The first-order valence-corrected chi connectivity index (χ1v) is 10.0. The lowest BCUT2D eigenvalue weighted by atomic mass is 10.1. The average Bonchev–Trinajstić information content (AvgIpc) is 2.72. The van der Waals surface area contributed by atoms with Gasteiger partial charge in [-0.15, -0.1) is 0 Å². The van der Waals surface area contributed by atoms with Crippen LogP contribution < -0.4 is 20.3 Å². The zero-order valence-electron chi connectivity index (χ0n) is 18.3. The molecule has 0 saturated heterocycles. The summed E-state index contributed by atoms with van der Waals surface area (Å²) in [6.07, 6.45) is 0. The van der Waals surface area contributed by atoms with Crippen molar-refractivity contribution in [2.75, 3.05) is 45.9 Å². The standard InChI is InChI=1S/C23H34N4O2/c1-6-28-12-13-29-22-14-18(2)10-11-20(22)17-26-23(24-3)25-16-19-8-7-9-21(15-19)27(4)5/h7-11,14-15H,6,12-13,16-17H2,1-5H3,(H2,24,25,26). The summed E-state index contributed by atoms with van der Waals surface area (Å²) in [4.78, 5) is 6.43. The van der Waals surface area contributed by atoms with Gasteiger partial charge in [0, 0.05) is 52.1 Å². The molecule has 0 atom stereocenters. The third-order valence-corrected chi connectivity index (χ3v) is 4.47. The van der Waals surface area contributed by atoms with Crippen molar-refractivity contribution in [1.29, 1.82) is 0 Å². The quantitative estimate of drug-likeness (QED) is 0.365. The van der Waals surface area contributed by atoms with E-state index in [0.717, 1.165) is 17.3 Å². The van der Waals surface area contributed by atoms with Gasteiger partial charge in [0.1, 0.15) is 12.4 Å². The van der Waals surface area contributed by atoms with Gasteiger partial charge in [-0.3, -0.25) is 4.99 Å². The lowest BCUT2D eigenvalue weighted by Crippen LogP contribution is -2.36. The Morgan fingerprint density at radius 3 is 2.55 bits per heavy atom. The minimum Gasteiger partial charge on any atom is -0.491 e. The van der Waals surface area contributed by atoms with Crippen LogP contribution in [0, 0.1) is 6.92 Å². The van der Waals surface area contributed by atoms with Crippen LogP contribution in [-0.2, 0) is 17.8 Å². The number of ether oxygens (including phenoxy) is 2. The van der Waals surface area contributed by atoms with Gasteiger partial charge in [0.05, 0.1) is 6.61 Å². The van der Waals surface area contributed by atoms with Crippen LogP contribution in [0.1, 0.15) is 23.6 Å². The van der Waals surface area contributed by atoms with Gasteiger partial charge in [-0.2, -0.15) is 0 Å². The number of hydrogen-bond acceptors (Lipinski definition) is 4. The molecule has 0 fully saturated rings. The van der Waals surface area contributed by atoms with E-state index in [2.05, 4.69) is 69.9 Å². The highest BCUT2D eigenvalue weighted by molar-refractivity contribution is 5.79. The Balaban J connectivity index is 1.92. The number of benzene rings is 2. The summed E-state index contributed by atoms with van der Waals surface area (Å²) in [7, 11) is 5.87. The van der Waals surface area contributed by atoms with Gasteiger partial charge in [-0.05, 0) is 43.2 Å². The van der Waals surface area contributed by atoms with Crippen molar-refractivity contribution in [3.8, 4) is 5.75 Å². The molecular formula is C23H34N4O2. The Hall–Kier alpha value is -2.73. The highest BCUT2D eigenvalue weighted by Crippen LogP contribution is 2.20. The molecule has 2 N–H and O–H groups in total. The summed E-state index contributed by atoms with van der Waals surface area (Å²) in [5.74, 6) is 1.63. The molecule has 6 heteroatoms. The van der Waals surface area contributed by atoms with Crippen LogP contribution in [0.25, 0.3) is 0 Å². The second-order valence-corrected chi connectivity index (χ2v) is 7.00. The number of anilines is 1. The molecule has 0 heterocycles. The Labute approximate surface area is 174 Å². The van der Waals surface area contributed by atoms with Crippen molar-refractivity contribution in [3.05, 3.63) is 59.2 Å². The van der Waals surface area contributed by atoms with E-state index in [0.29, 0.717) is 32.9 Å². The fourth-order valence-corrected chi connectivity index (χ4v) is 2.83. The molecule has 2 aromatic carbocycles. The van der Waals surface area contributed by atoms with E-state index >= 15 is 0 Å². The van der Waals surface area contributed by atoms with E-state index in [4.69, 9.17) is 9.47 Å². The maximum atomic E-state index is 5.92. The maximum Gasteiger partial charge on any atom is 0.191 e. The van der Waals surface area contributed by atoms with Crippen LogP contribution in [0.2, 0.25) is 0 Å². The van der Waals surface area contributed by atoms with Gasteiger partial charge in [0.25, 0.3) is 0 Å². The van der Waals surface area contributed by atoms with Gasteiger partial charge in [0.15, 0.2) is 5.96 Å². The van der Waals surface area contributed by atoms with Crippen molar-refractivity contribution in [2.24, 2.45) is 4.99 Å². The number of hydrogen-bond donors (Lipinski definition) is 2. The summed E-state index contributed by atoms with van der Waals surface area (Å²) < 4.78 is 11.3. The number of aryl methyl sites for hydroxylation is 1. The predicted molar refractivity (Wildman–Crippen MR) is 121 cm³/mol. The molecule has 158 valence electrons. The van der Waals surface area contributed by atoms with Crippen LogP contribution in [0.3, 0.4) is 0 Å². The molecule has 0 aliphatic rings. The second kappa shape index (κ2) is 12.0. The van der Waals surface area contributed by atoms with Gasteiger partial charge >= 0.3 is 0 Å². The second-order valence-electron chi connectivity index (χ2n) is 7.00. The fraction of sp³-hybridized carbons (Fsp3) is 0.435. The van der Waals surface area contributed by atoms with E-state index in [9.17, 15) is 0 Å². The SMILES string of the molecule is CCOCCOc1cc(C)ccc1CNC(=NC)NCc1cccc(N(C)C)c1. The molecule has 0 aliphatic heterocycles. The molecule has 0 bridgehead atoms. The molecule has 29 heavy (non-hydrogen) atoms. The molecule has 6 nitrogen and oxygen atoms in total. The van der Waals surface area contributed by atoms with Crippen LogP contribution in [0.15, 0.2) is 47.5 Å². The molecular weight excluding hydrogens is 364 g/mol. The third kappa shape index (κ3) is 7.66. The number of nitrogens with one attached hydrogen (secondary N) is 2.